The maximum atomic E-state index is 11.8. The van der Waals surface area contributed by atoms with E-state index >= 15 is 0 Å². The van der Waals surface area contributed by atoms with Gasteiger partial charge in [0.2, 0.25) is 0 Å². The van der Waals surface area contributed by atoms with Crippen molar-refractivity contribution in [3.8, 4) is 0 Å². The smallest absolute Gasteiger partial charge is 0.345 e. The Balaban J connectivity index is 4.80. The zero-order chi connectivity index (χ0) is 14.2. The quantitative estimate of drug-likeness (QED) is 0.430. The van der Waals surface area contributed by atoms with Gasteiger partial charge in [0, 0.05) is 6.92 Å². The minimum atomic E-state index is -0.578. The van der Waals surface area contributed by atoms with Gasteiger partial charge >= 0.3 is 11.9 Å². The molecular weight excluding hydrogens is 232 g/mol. The largest absolute Gasteiger partial charge is 0.460 e. The van der Waals surface area contributed by atoms with Crippen molar-refractivity contribution in [1.29, 1.82) is 0 Å². The van der Waals surface area contributed by atoms with Gasteiger partial charge in [-0.2, -0.15) is 0 Å². The van der Waals surface area contributed by atoms with Gasteiger partial charge in [0.25, 0.3) is 0 Å². The van der Waals surface area contributed by atoms with Crippen LogP contribution in [0.5, 0.6) is 0 Å². The number of unbranched alkanes of at least 4 members (excludes halogenated alkanes) is 1. The molecule has 0 spiro atoms. The van der Waals surface area contributed by atoms with Crippen LogP contribution in [0.25, 0.3) is 0 Å². The Hall–Kier alpha value is -1.54. The molecule has 0 bridgehead atoms. The average molecular weight is 254 g/mol. The molecule has 0 atom stereocenters. The number of hydrogen-bond acceptors (Lipinski definition) is 4. The van der Waals surface area contributed by atoms with Crippen molar-refractivity contribution in [3.05, 3.63) is 17.4 Å². The van der Waals surface area contributed by atoms with Gasteiger partial charge in [-0.1, -0.05) is 13.3 Å². The van der Waals surface area contributed by atoms with Crippen LogP contribution < -0.4 is 0 Å². The summed E-state index contributed by atoms with van der Waals surface area (Å²) in [5.41, 5.74) is 2.49. The molecule has 0 saturated carbocycles. The monoisotopic (exact) mass is 254 g/mol. The fourth-order valence-corrected chi connectivity index (χ4v) is 1.01. The highest BCUT2D eigenvalue weighted by molar-refractivity contribution is 5.89. The van der Waals surface area contributed by atoms with Gasteiger partial charge in [0.1, 0.15) is 17.8 Å². The third kappa shape index (κ3) is 8.59. The summed E-state index contributed by atoms with van der Waals surface area (Å²) >= 11 is 0. The predicted octanol–water partition coefficient (Wildman–Crippen LogP) is 2.77. The molecule has 0 N–H and O–H groups in total. The summed E-state index contributed by atoms with van der Waals surface area (Å²) in [5, 5.41) is 0. The van der Waals surface area contributed by atoms with E-state index in [0.29, 0.717) is 0 Å². The molecule has 0 aromatic carbocycles. The molecule has 0 aromatic heterocycles. The summed E-state index contributed by atoms with van der Waals surface area (Å²) in [6.45, 7) is 8.56. The standard InChI is InChI=1S/C14H22O4/c1-6-7-8-9-12(10-17-11(2)15)13(16)18-14(3,4)5/h8H,6-7,10H2,1-5H3. The van der Waals surface area contributed by atoms with E-state index in [4.69, 9.17) is 9.47 Å². The van der Waals surface area contributed by atoms with Gasteiger partial charge in [-0.05, 0) is 33.3 Å². The van der Waals surface area contributed by atoms with Crippen LogP contribution in [0.2, 0.25) is 0 Å². The molecule has 0 aliphatic rings. The minimum absolute atomic E-state index is 0.107. The van der Waals surface area contributed by atoms with Crippen LogP contribution in [-0.4, -0.2) is 24.1 Å². The van der Waals surface area contributed by atoms with E-state index in [9.17, 15) is 9.59 Å². The van der Waals surface area contributed by atoms with Crippen molar-refractivity contribution in [2.45, 2.75) is 53.1 Å². The van der Waals surface area contributed by atoms with E-state index in [1.54, 1.807) is 26.8 Å². The molecule has 0 heterocycles. The topological polar surface area (TPSA) is 52.6 Å². The molecule has 102 valence electrons. The Morgan fingerprint density at radius 3 is 2.33 bits per heavy atom. The Morgan fingerprint density at radius 1 is 1.28 bits per heavy atom. The van der Waals surface area contributed by atoms with E-state index in [1.807, 2.05) is 6.92 Å². The molecule has 4 nitrogen and oxygen atoms in total. The van der Waals surface area contributed by atoms with Gasteiger partial charge in [0.05, 0.1) is 0 Å². The second kappa shape index (κ2) is 7.72. The zero-order valence-electron chi connectivity index (χ0n) is 11.8. The fraction of sp³-hybridized carbons (Fsp3) is 0.643. The summed E-state index contributed by atoms with van der Waals surface area (Å²) in [5.74, 6) is -0.940. The van der Waals surface area contributed by atoms with Crippen molar-refractivity contribution < 1.29 is 19.1 Å². The lowest BCUT2D eigenvalue weighted by Crippen LogP contribution is -2.26. The fourth-order valence-electron chi connectivity index (χ4n) is 1.01. The summed E-state index contributed by atoms with van der Waals surface area (Å²) in [4.78, 5) is 22.6. The first-order valence-electron chi connectivity index (χ1n) is 6.07. The van der Waals surface area contributed by atoms with Crippen LogP contribution in [0.4, 0.5) is 0 Å². The number of esters is 2. The molecule has 18 heavy (non-hydrogen) atoms. The second-order valence-electron chi connectivity index (χ2n) is 4.90. The number of carbonyl (C=O) groups excluding carboxylic acids is 2. The van der Waals surface area contributed by atoms with E-state index in [1.165, 1.54) is 6.92 Å². The van der Waals surface area contributed by atoms with Gasteiger partial charge < -0.3 is 9.47 Å². The normalized spacial score (nSPS) is 10.3. The third-order valence-corrected chi connectivity index (χ3v) is 1.77. The van der Waals surface area contributed by atoms with Crippen molar-refractivity contribution in [1.82, 2.24) is 0 Å². The lowest BCUT2D eigenvalue weighted by atomic mass is 10.2. The van der Waals surface area contributed by atoms with Crippen molar-refractivity contribution in [3.63, 3.8) is 0 Å². The van der Waals surface area contributed by atoms with Crippen LogP contribution in [0.3, 0.4) is 0 Å². The van der Waals surface area contributed by atoms with Gasteiger partial charge in [-0.3, -0.25) is 4.79 Å². The Labute approximate surface area is 109 Å². The van der Waals surface area contributed by atoms with Gasteiger partial charge in [-0.15, -0.1) is 5.73 Å². The third-order valence-electron chi connectivity index (χ3n) is 1.77. The Bertz CT molecular complexity index is 354. The molecule has 0 rings (SSSR count). The van der Waals surface area contributed by atoms with Gasteiger partial charge in [-0.25, -0.2) is 4.79 Å². The molecule has 0 aliphatic carbocycles. The molecule has 0 amide bonds. The lowest BCUT2D eigenvalue weighted by Gasteiger charge is -2.19. The van der Waals surface area contributed by atoms with E-state index in [2.05, 4.69) is 5.73 Å². The summed E-state index contributed by atoms with van der Waals surface area (Å²) in [7, 11) is 0. The Morgan fingerprint density at radius 2 is 1.89 bits per heavy atom. The number of rotatable bonds is 5. The van der Waals surface area contributed by atoms with E-state index < -0.39 is 17.5 Å². The van der Waals surface area contributed by atoms with Crippen molar-refractivity contribution in [2.75, 3.05) is 6.61 Å². The first-order chi connectivity index (χ1) is 8.26. The number of hydrogen-bond donors (Lipinski definition) is 0. The molecule has 0 unspecified atom stereocenters. The Kier molecular flexibility index (Phi) is 7.06. The number of ether oxygens (including phenoxy) is 2. The van der Waals surface area contributed by atoms with Crippen LogP contribution in [0.1, 0.15) is 47.5 Å². The lowest BCUT2D eigenvalue weighted by molar-refractivity contribution is -0.151. The van der Waals surface area contributed by atoms with Crippen molar-refractivity contribution >= 4 is 11.9 Å². The average Bonchev–Trinajstić information content (AvgIpc) is 2.20. The number of carbonyl (C=O) groups is 2. The van der Waals surface area contributed by atoms with Crippen LogP contribution in [0, 0.1) is 0 Å². The SMILES string of the molecule is CCCC=C=C(COC(C)=O)C(=O)OC(C)(C)C. The molecule has 0 radical (unpaired) electrons. The van der Waals surface area contributed by atoms with Crippen LogP contribution in [-0.2, 0) is 19.1 Å². The van der Waals surface area contributed by atoms with Crippen molar-refractivity contribution in [2.24, 2.45) is 0 Å². The first kappa shape index (κ1) is 16.5. The highest BCUT2D eigenvalue weighted by Crippen LogP contribution is 2.11. The van der Waals surface area contributed by atoms with Crippen LogP contribution in [0.15, 0.2) is 17.4 Å². The van der Waals surface area contributed by atoms with E-state index in [-0.39, 0.29) is 12.2 Å². The molecule has 0 fully saturated rings. The highest BCUT2D eigenvalue weighted by Gasteiger charge is 2.20. The summed E-state index contributed by atoms with van der Waals surface area (Å²) < 4.78 is 10.0. The maximum Gasteiger partial charge on any atom is 0.345 e. The molecule has 0 aromatic rings. The molecule has 4 heteroatoms. The zero-order valence-corrected chi connectivity index (χ0v) is 11.8. The van der Waals surface area contributed by atoms with Crippen LogP contribution >= 0.6 is 0 Å². The molecule has 0 saturated heterocycles. The molecular formula is C14H22O4. The second-order valence-corrected chi connectivity index (χ2v) is 4.90. The maximum absolute atomic E-state index is 11.8. The summed E-state index contributed by atoms with van der Waals surface area (Å²) in [6.07, 6.45) is 3.53. The molecule has 0 aliphatic heterocycles. The predicted molar refractivity (Wildman–Crippen MR) is 69.0 cm³/mol. The minimum Gasteiger partial charge on any atom is -0.460 e. The first-order valence-corrected chi connectivity index (χ1v) is 6.07. The van der Waals surface area contributed by atoms with E-state index in [0.717, 1.165) is 12.8 Å². The highest BCUT2D eigenvalue weighted by atomic mass is 16.6. The van der Waals surface area contributed by atoms with Gasteiger partial charge in [0.15, 0.2) is 0 Å². The summed E-state index contributed by atoms with van der Waals surface area (Å²) in [6, 6.07) is 0.